The lowest BCUT2D eigenvalue weighted by molar-refractivity contribution is 0.0285. The van der Waals surface area contributed by atoms with Crippen LogP contribution < -0.4 is 0 Å². The van der Waals surface area contributed by atoms with Gasteiger partial charge in [-0.2, -0.15) is 0 Å². The van der Waals surface area contributed by atoms with Crippen LogP contribution in [0.25, 0.3) is 0 Å². The zero-order valence-electron chi connectivity index (χ0n) is 14.4. The molecule has 1 unspecified atom stereocenters. The van der Waals surface area contributed by atoms with Crippen LogP contribution >= 0.6 is 11.6 Å². The number of pyridine rings is 1. The third-order valence-electron chi connectivity index (χ3n) is 3.75. The smallest absolute Gasteiger partial charge is 0.410 e. The molecule has 1 fully saturated rings. The first-order valence-corrected chi connectivity index (χ1v) is 8.37. The number of likely N-dealkylation sites (tertiary alicyclic amines) is 1. The summed E-state index contributed by atoms with van der Waals surface area (Å²) in [6.45, 7) is 8.99. The van der Waals surface area contributed by atoms with Crippen LogP contribution in [-0.2, 0) is 11.3 Å². The first kappa shape index (κ1) is 18.0. The molecule has 2 heterocycles. The maximum atomic E-state index is 12.1. The third kappa shape index (κ3) is 5.99. The minimum Gasteiger partial charge on any atom is -0.444 e. The van der Waals surface area contributed by atoms with E-state index in [0.29, 0.717) is 11.1 Å². The van der Waals surface area contributed by atoms with Gasteiger partial charge in [-0.1, -0.05) is 17.7 Å². The second-order valence-corrected chi connectivity index (χ2v) is 7.65. The summed E-state index contributed by atoms with van der Waals surface area (Å²) in [6, 6.07) is 3.80. The van der Waals surface area contributed by atoms with Gasteiger partial charge < -0.3 is 14.5 Å². The highest BCUT2D eigenvalue weighted by Crippen LogP contribution is 2.20. The number of nitrogens with zero attached hydrogens (tertiary/aromatic N) is 3. The zero-order valence-corrected chi connectivity index (χ0v) is 15.1. The molecule has 5 nitrogen and oxygen atoms in total. The Hall–Kier alpha value is -1.33. The molecule has 1 saturated heterocycles. The van der Waals surface area contributed by atoms with Crippen molar-refractivity contribution in [3.63, 3.8) is 0 Å². The summed E-state index contributed by atoms with van der Waals surface area (Å²) in [5.41, 5.74) is 0.701. The summed E-state index contributed by atoms with van der Waals surface area (Å²) in [4.78, 5) is 20.3. The molecular weight excluding hydrogens is 314 g/mol. The van der Waals surface area contributed by atoms with Crippen molar-refractivity contribution in [3.8, 4) is 0 Å². The van der Waals surface area contributed by atoms with Crippen molar-refractivity contribution < 1.29 is 9.53 Å². The number of hydrogen-bond donors (Lipinski definition) is 0. The van der Waals surface area contributed by atoms with Crippen molar-refractivity contribution in [2.75, 3.05) is 26.7 Å². The minimum absolute atomic E-state index is 0.204. The lowest BCUT2D eigenvalue weighted by atomic mass is 10.1. The number of aromatic nitrogens is 1. The van der Waals surface area contributed by atoms with Gasteiger partial charge in [0.1, 0.15) is 10.8 Å². The van der Waals surface area contributed by atoms with Crippen molar-refractivity contribution >= 4 is 17.7 Å². The molecule has 2 rings (SSSR count). The van der Waals surface area contributed by atoms with Gasteiger partial charge in [-0.15, -0.1) is 0 Å². The predicted molar refractivity (Wildman–Crippen MR) is 91.5 cm³/mol. The van der Waals surface area contributed by atoms with Crippen molar-refractivity contribution in [3.05, 3.63) is 29.0 Å². The number of ether oxygens (including phenoxy) is 1. The fraction of sp³-hybridized carbons (Fsp3) is 0.647. The Morgan fingerprint density at radius 1 is 1.48 bits per heavy atom. The molecule has 6 heteroatoms. The van der Waals surface area contributed by atoms with Crippen molar-refractivity contribution in [2.24, 2.45) is 5.92 Å². The van der Waals surface area contributed by atoms with Gasteiger partial charge in [0, 0.05) is 32.4 Å². The molecule has 1 aromatic rings. The van der Waals surface area contributed by atoms with E-state index < -0.39 is 5.60 Å². The van der Waals surface area contributed by atoms with Crippen LogP contribution in [0.4, 0.5) is 4.79 Å². The van der Waals surface area contributed by atoms with E-state index >= 15 is 0 Å². The maximum absolute atomic E-state index is 12.1. The average molecular weight is 340 g/mol. The topological polar surface area (TPSA) is 45.7 Å². The van der Waals surface area contributed by atoms with Crippen LogP contribution in [0.3, 0.4) is 0 Å². The molecule has 0 radical (unpaired) electrons. The standard InChI is InChI=1S/C17H26ClN3O2/c1-17(2,3)23-16(22)21-8-7-14(12-21)11-20(4)10-13-5-6-15(18)19-9-13/h5-6,9,14H,7-8,10-12H2,1-4H3. The maximum Gasteiger partial charge on any atom is 0.410 e. The van der Waals surface area contributed by atoms with Gasteiger partial charge >= 0.3 is 6.09 Å². The third-order valence-corrected chi connectivity index (χ3v) is 3.97. The highest BCUT2D eigenvalue weighted by Gasteiger charge is 2.30. The van der Waals surface area contributed by atoms with E-state index in [1.165, 1.54) is 0 Å². The highest BCUT2D eigenvalue weighted by atomic mass is 35.5. The van der Waals surface area contributed by atoms with E-state index in [-0.39, 0.29) is 6.09 Å². The van der Waals surface area contributed by atoms with Crippen molar-refractivity contribution in [2.45, 2.75) is 39.3 Å². The van der Waals surface area contributed by atoms with Gasteiger partial charge in [0.2, 0.25) is 0 Å². The van der Waals surface area contributed by atoms with Crippen LogP contribution in [0.1, 0.15) is 32.8 Å². The second-order valence-electron chi connectivity index (χ2n) is 7.27. The van der Waals surface area contributed by atoms with E-state index in [4.69, 9.17) is 16.3 Å². The molecule has 1 atom stereocenters. The first-order valence-electron chi connectivity index (χ1n) is 8.00. The summed E-state index contributed by atoms with van der Waals surface area (Å²) in [5.74, 6) is 0.479. The molecule has 1 aromatic heterocycles. The summed E-state index contributed by atoms with van der Waals surface area (Å²) in [6.07, 6.45) is 2.62. The van der Waals surface area contributed by atoms with Crippen molar-refractivity contribution in [1.29, 1.82) is 0 Å². The van der Waals surface area contributed by atoms with E-state index in [9.17, 15) is 4.79 Å². The van der Waals surface area contributed by atoms with Gasteiger partial charge in [0.05, 0.1) is 0 Å². The Morgan fingerprint density at radius 3 is 2.83 bits per heavy atom. The van der Waals surface area contributed by atoms with E-state index in [1.807, 2.05) is 37.8 Å². The predicted octanol–water partition coefficient (Wildman–Crippen LogP) is 3.42. The molecular formula is C17H26ClN3O2. The molecule has 1 amide bonds. The Balaban J connectivity index is 1.78. The number of hydrogen-bond acceptors (Lipinski definition) is 4. The fourth-order valence-corrected chi connectivity index (χ4v) is 2.90. The van der Waals surface area contributed by atoms with Gasteiger partial charge in [-0.3, -0.25) is 0 Å². The van der Waals surface area contributed by atoms with Crippen LogP contribution in [0.2, 0.25) is 5.15 Å². The largest absolute Gasteiger partial charge is 0.444 e. The van der Waals surface area contributed by atoms with E-state index in [0.717, 1.165) is 38.2 Å². The highest BCUT2D eigenvalue weighted by molar-refractivity contribution is 6.29. The number of carbonyl (C=O) groups is 1. The summed E-state index contributed by atoms with van der Waals surface area (Å²) in [5, 5.41) is 0.514. The van der Waals surface area contributed by atoms with Crippen LogP contribution in [-0.4, -0.2) is 53.2 Å². The van der Waals surface area contributed by atoms with Crippen LogP contribution in [0.15, 0.2) is 18.3 Å². The molecule has 0 spiro atoms. The molecule has 1 aliphatic heterocycles. The summed E-state index contributed by atoms with van der Waals surface area (Å²) < 4.78 is 5.43. The van der Waals surface area contributed by atoms with Gasteiger partial charge in [0.15, 0.2) is 0 Å². The molecule has 0 saturated carbocycles. The normalized spacial score (nSPS) is 18.5. The Kier molecular flexibility index (Phi) is 5.87. The molecule has 128 valence electrons. The van der Waals surface area contributed by atoms with Crippen LogP contribution in [0, 0.1) is 5.92 Å². The van der Waals surface area contributed by atoms with Gasteiger partial charge in [0.25, 0.3) is 0 Å². The van der Waals surface area contributed by atoms with Crippen molar-refractivity contribution in [1.82, 2.24) is 14.8 Å². The Bertz CT molecular complexity index is 528. The molecule has 0 N–H and O–H groups in total. The number of amides is 1. The number of carbonyl (C=O) groups excluding carboxylic acids is 1. The Labute approximate surface area is 143 Å². The number of rotatable bonds is 4. The number of halogens is 1. The SMILES string of the molecule is CN(Cc1ccc(Cl)nc1)CC1CCN(C(=O)OC(C)(C)C)C1. The van der Waals surface area contributed by atoms with E-state index in [2.05, 4.69) is 16.9 Å². The van der Waals surface area contributed by atoms with Crippen LogP contribution in [0.5, 0.6) is 0 Å². The zero-order chi connectivity index (χ0) is 17.0. The summed E-state index contributed by atoms with van der Waals surface area (Å²) in [7, 11) is 2.09. The first-order chi connectivity index (χ1) is 10.7. The second kappa shape index (κ2) is 7.49. The molecule has 1 aliphatic rings. The minimum atomic E-state index is -0.437. The lowest BCUT2D eigenvalue weighted by Gasteiger charge is -2.25. The molecule has 23 heavy (non-hydrogen) atoms. The molecule has 0 aliphatic carbocycles. The Morgan fingerprint density at radius 2 is 2.22 bits per heavy atom. The quantitative estimate of drug-likeness (QED) is 0.788. The monoisotopic (exact) mass is 339 g/mol. The van der Waals surface area contributed by atoms with E-state index in [1.54, 1.807) is 6.20 Å². The van der Waals surface area contributed by atoms with Gasteiger partial charge in [-0.05, 0) is 51.8 Å². The fourth-order valence-electron chi connectivity index (χ4n) is 2.79. The molecule has 0 aromatic carbocycles. The lowest BCUT2D eigenvalue weighted by Crippen LogP contribution is -2.36. The molecule has 0 bridgehead atoms. The summed E-state index contributed by atoms with van der Waals surface area (Å²) >= 11 is 5.80. The van der Waals surface area contributed by atoms with Gasteiger partial charge in [-0.25, -0.2) is 9.78 Å². The average Bonchev–Trinajstić information content (AvgIpc) is 2.88.